The molecule has 5 nitrogen and oxygen atoms in total. The van der Waals surface area contributed by atoms with E-state index < -0.39 is 18.8 Å². The molecule has 1 aromatic rings. The molecule has 0 bridgehead atoms. The van der Waals surface area contributed by atoms with E-state index in [0.29, 0.717) is 5.69 Å². The minimum atomic E-state index is -4.35. The van der Waals surface area contributed by atoms with Crippen molar-refractivity contribution in [1.82, 2.24) is 0 Å². The van der Waals surface area contributed by atoms with Crippen molar-refractivity contribution in [3.63, 3.8) is 0 Å². The first-order chi connectivity index (χ1) is 9.83. The van der Waals surface area contributed by atoms with E-state index in [-0.39, 0.29) is 30.9 Å². The number of methoxy groups -OCH3 is 1. The number of nitrogen functional groups attached to an aromatic ring is 1. The highest BCUT2D eigenvalue weighted by atomic mass is 19.4. The number of carbonyl (C=O) groups is 1. The summed E-state index contributed by atoms with van der Waals surface area (Å²) in [6.07, 6.45) is -4.19. The zero-order chi connectivity index (χ0) is 15.9. The minimum absolute atomic E-state index is 0.0514. The summed E-state index contributed by atoms with van der Waals surface area (Å²) in [5.74, 6) is -0.365. The van der Waals surface area contributed by atoms with Crippen LogP contribution in [0.2, 0.25) is 0 Å². The zero-order valence-electron chi connectivity index (χ0n) is 11.4. The first kappa shape index (κ1) is 17.1. The maximum atomic E-state index is 11.8. The molecular formula is C13H16F3NO4. The van der Waals surface area contributed by atoms with Gasteiger partial charge in [0.15, 0.2) is 0 Å². The molecule has 8 heteroatoms. The molecule has 0 aromatic heterocycles. The van der Waals surface area contributed by atoms with Gasteiger partial charge in [-0.25, -0.2) is 4.79 Å². The Morgan fingerprint density at radius 1 is 1.29 bits per heavy atom. The molecule has 0 aliphatic carbocycles. The fourth-order valence-corrected chi connectivity index (χ4v) is 1.47. The molecule has 0 atom stereocenters. The van der Waals surface area contributed by atoms with Crippen LogP contribution in [0.5, 0.6) is 5.75 Å². The highest BCUT2D eigenvalue weighted by Crippen LogP contribution is 2.22. The fourth-order valence-electron chi connectivity index (χ4n) is 1.47. The van der Waals surface area contributed by atoms with Crippen LogP contribution in [0.3, 0.4) is 0 Å². The van der Waals surface area contributed by atoms with Crippen molar-refractivity contribution >= 4 is 11.7 Å². The number of hydrogen-bond acceptors (Lipinski definition) is 5. The summed E-state index contributed by atoms with van der Waals surface area (Å²) in [6.45, 7) is -1.51. The van der Waals surface area contributed by atoms with Crippen LogP contribution < -0.4 is 10.5 Å². The van der Waals surface area contributed by atoms with Crippen LogP contribution in [-0.4, -0.2) is 39.1 Å². The molecule has 0 unspecified atom stereocenters. The molecule has 2 N–H and O–H groups in total. The van der Waals surface area contributed by atoms with Gasteiger partial charge in [-0.1, -0.05) is 0 Å². The normalized spacial score (nSPS) is 11.2. The summed E-state index contributed by atoms with van der Waals surface area (Å²) in [7, 11) is 1.39. The lowest BCUT2D eigenvalue weighted by molar-refractivity contribution is -0.174. The molecule has 118 valence electrons. The zero-order valence-corrected chi connectivity index (χ0v) is 11.4. The lowest BCUT2D eigenvalue weighted by atomic mass is 10.2. The number of carbonyl (C=O) groups excluding carboxylic acids is 1. The Morgan fingerprint density at radius 3 is 2.62 bits per heavy atom. The summed E-state index contributed by atoms with van der Waals surface area (Å²) < 4.78 is 49.7. The van der Waals surface area contributed by atoms with Gasteiger partial charge in [-0.2, -0.15) is 13.2 Å². The highest BCUT2D eigenvalue weighted by Gasteiger charge is 2.27. The van der Waals surface area contributed by atoms with Crippen LogP contribution in [0.1, 0.15) is 16.8 Å². The smallest absolute Gasteiger partial charge is 0.411 e. The molecule has 0 fully saturated rings. The third kappa shape index (κ3) is 6.35. The number of ether oxygens (including phenoxy) is 3. The average molecular weight is 307 g/mol. The second-order valence-corrected chi connectivity index (χ2v) is 4.12. The van der Waals surface area contributed by atoms with Gasteiger partial charge in [-0.15, -0.1) is 0 Å². The van der Waals surface area contributed by atoms with Crippen LogP contribution >= 0.6 is 0 Å². The van der Waals surface area contributed by atoms with Crippen molar-refractivity contribution in [2.45, 2.75) is 12.6 Å². The van der Waals surface area contributed by atoms with Crippen LogP contribution in [0.25, 0.3) is 0 Å². The summed E-state index contributed by atoms with van der Waals surface area (Å²) in [5, 5.41) is 0. The number of hydrogen-bond donors (Lipinski definition) is 1. The van der Waals surface area contributed by atoms with Gasteiger partial charge in [0, 0.05) is 18.2 Å². The summed E-state index contributed by atoms with van der Waals surface area (Å²) in [5.41, 5.74) is 6.18. The molecule has 0 aliphatic heterocycles. The summed E-state index contributed by atoms with van der Waals surface area (Å²) >= 11 is 0. The first-order valence-electron chi connectivity index (χ1n) is 6.08. The van der Waals surface area contributed by atoms with Gasteiger partial charge in [0.2, 0.25) is 0 Å². The number of nitrogens with two attached hydrogens (primary N) is 1. The van der Waals surface area contributed by atoms with Crippen LogP contribution in [0.4, 0.5) is 18.9 Å². The molecule has 0 amide bonds. The van der Waals surface area contributed by atoms with Crippen molar-refractivity contribution < 1.29 is 32.2 Å². The third-order valence-corrected chi connectivity index (χ3v) is 2.38. The molecule has 0 heterocycles. The Bertz CT molecular complexity index is 477. The van der Waals surface area contributed by atoms with E-state index in [0.717, 1.165) is 0 Å². The molecule has 1 aromatic carbocycles. The van der Waals surface area contributed by atoms with E-state index in [1.54, 1.807) is 0 Å². The van der Waals surface area contributed by atoms with E-state index in [9.17, 15) is 18.0 Å². The third-order valence-electron chi connectivity index (χ3n) is 2.38. The molecule has 1 rings (SSSR count). The monoisotopic (exact) mass is 307 g/mol. The second kappa shape index (κ2) is 7.72. The van der Waals surface area contributed by atoms with E-state index in [4.69, 9.17) is 15.2 Å². The van der Waals surface area contributed by atoms with E-state index in [1.165, 1.54) is 25.3 Å². The minimum Gasteiger partial charge on any atom is -0.496 e. The van der Waals surface area contributed by atoms with Gasteiger partial charge in [-0.05, 0) is 12.1 Å². The predicted molar refractivity (Wildman–Crippen MR) is 69.2 cm³/mol. The highest BCUT2D eigenvalue weighted by molar-refractivity contribution is 5.93. The predicted octanol–water partition coefficient (Wildman–Crippen LogP) is 2.40. The van der Waals surface area contributed by atoms with Crippen molar-refractivity contribution in [1.29, 1.82) is 0 Å². The number of benzene rings is 1. The van der Waals surface area contributed by atoms with Gasteiger partial charge < -0.3 is 19.9 Å². The quantitative estimate of drug-likeness (QED) is 0.476. The number of anilines is 1. The van der Waals surface area contributed by atoms with Crippen molar-refractivity contribution in [3.05, 3.63) is 23.8 Å². The Morgan fingerprint density at radius 2 is 2.00 bits per heavy atom. The van der Waals surface area contributed by atoms with Crippen molar-refractivity contribution in [2.24, 2.45) is 0 Å². The summed E-state index contributed by atoms with van der Waals surface area (Å²) in [4.78, 5) is 11.8. The van der Waals surface area contributed by atoms with Crippen molar-refractivity contribution in [2.75, 3.05) is 32.7 Å². The lowest BCUT2D eigenvalue weighted by Gasteiger charge is -2.10. The number of alkyl halides is 3. The Kier molecular flexibility index (Phi) is 6.29. The number of rotatable bonds is 7. The van der Waals surface area contributed by atoms with Gasteiger partial charge in [0.25, 0.3) is 0 Å². The van der Waals surface area contributed by atoms with Gasteiger partial charge in [-0.3, -0.25) is 0 Å². The maximum Gasteiger partial charge on any atom is 0.411 e. The van der Waals surface area contributed by atoms with Gasteiger partial charge >= 0.3 is 12.1 Å². The number of esters is 1. The number of halogens is 3. The molecular weight excluding hydrogens is 291 g/mol. The Balaban J connectivity index is 2.34. The first-order valence-corrected chi connectivity index (χ1v) is 6.08. The van der Waals surface area contributed by atoms with Crippen molar-refractivity contribution in [3.8, 4) is 5.75 Å². The molecule has 0 spiro atoms. The van der Waals surface area contributed by atoms with Crippen LogP contribution in [0.15, 0.2) is 18.2 Å². The lowest BCUT2D eigenvalue weighted by Crippen LogP contribution is -2.18. The topological polar surface area (TPSA) is 70.8 Å². The van der Waals surface area contributed by atoms with Crippen LogP contribution in [0, 0.1) is 0 Å². The summed E-state index contributed by atoms with van der Waals surface area (Å²) in [6, 6.07) is 4.45. The Hall–Kier alpha value is -1.96. The van der Waals surface area contributed by atoms with E-state index >= 15 is 0 Å². The van der Waals surface area contributed by atoms with Gasteiger partial charge in [0.05, 0.1) is 20.3 Å². The van der Waals surface area contributed by atoms with E-state index in [1.807, 2.05) is 0 Å². The molecule has 0 saturated heterocycles. The molecule has 0 saturated carbocycles. The molecule has 21 heavy (non-hydrogen) atoms. The average Bonchev–Trinajstić information content (AvgIpc) is 2.41. The molecule has 0 radical (unpaired) electrons. The SMILES string of the molecule is COc1cc(N)ccc1C(=O)OCCCOCC(F)(F)F. The molecule has 0 aliphatic rings. The van der Waals surface area contributed by atoms with Crippen LogP contribution in [-0.2, 0) is 9.47 Å². The maximum absolute atomic E-state index is 11.8. The Labute approximate surface area is 119 Å². The van der Waals surface area contributed by atoms with Gasteiger partial charge in [0.1, 0.15) is 17.9 Å². The largest absolute Gasteiger partial charge is 0.496 e. The van der Waals surface area contributed by atoms with E-state index in [2.05, 4.69) is 4.74 Å². The second-order valence-electron chi connectivity index (χ2n) is 4.12. The fraction of sp³-hybridized carbons (Fsp3) is 0.462. The standard InChI is InChI=1S/C13H16F3NO4/c1-19-11-7-9(17)3-4-10(11)12(18)21-6-2-5-20-8-13(14,15)16/h3-4,7H,2,5-6,8,17H2,1H3.